The summed E-state index contributed by atoms with van der Waals surface area (Å²) in [7, 11) is 3.07. The SMILES string of the molecule is COc1cc(NC(=O)CSc2nnc(N3C(N)=C(C#N)C(c4ccc(C)o4)C4=C3CC(C)(C)CC4=O)s2)cc(OC)c1. The molecule has 11 nitrogen and oxygen atoms in total. The summed E-state index contributed by atoms with van der Waals surface area (Å²) in [6, 6.07) is 10.9. The molecule has 3 aromatic rings. The quantitative estimate of drug-likeness (QED) is 0.328. The molecule has 2 aliphatic rings. The van der Waals surface area contributed by atoms with Crippen LogP contribution in [0.1, 0.15) is 44.1 Å². The van der Waals surface area contributed by atoms with Crippen molar-refractivity contribution in [2.45, 2.75) is 43.9 Å². The number of Topliss-reactive ketones (excluding diaryl/α,β-unsaturated/α-hetero) is 1. The predicted molar refractivity (Wildman–Crippen MR) is 159 cm³/mol. The van der Waals surface area contributed by atoms with Crippen LogP contribution in [-0.2, 0) is 9.59 Å². The van der Waals surface area contributed by atoms with Crippen LogP contribution in [0.2, 0.25) is 0 Å². The molecule has 42 heavy (non-hydrogen) atoms. The van der Waals surface area contributed by atoms with Crippen LogP contribution in [0.4, 0.5) is 10.8 Å². The smallest absolute Gasteiger partial charge is 0.234 e. The molecule has 1 unspecified atom stereocenters. The minimum Gasteiger partial charge on any atom is -0.497 e. The third-order valence-corrected chi connectivity index (χ3v) is 9.02. The summed E-state index contributed by atoms with van der Waals surface area (Å²) in [6.07, 6.45) is 0.873. The number of nitrogens with one attached hydrogen (secondary N) is 1. The molecule has 1 aliphatic carbocycles. The number of nitrogens with zero attached hydrogens (tertiary/aromatic N) is 4. The molecular formula is C29H30N6O5S2. The first-order valence-electron chi connectivity index (χ1n) is 13.0. The minimum atomic E-state index is -0.695. The number of carbonyl (C=O) groups is 2. The maximum atomic E-state index is 13.6. The van der Waals surface area contributed by atoms with Crippen molar-refractivity contribution in [2.75, 3.05) is 30.2 Å². The number of benzene rings is 1. The number of thioether (sulfide) groups is 1. The molecular weight excluding hydrogens is 576 g/mol. The molecule has 1 atom stereocenters. The lowest BCUT2D eigenvalue weighted by molar-refractivity contribution is -0.118. The highest BCUT2D eigenvalue weighted by Gasteiger charge is 2.46. The minimum absolute atomic E-state index is 0.0597. The Morgan fingerprint density at radius 2 is 1.95 bits per heavy atom. The van der Waals surface area contributed by atoms with Gasteiger partial charge in [-0.1, -0.05) is 36.9 Å². The Hall–Kier alpha value is -4.28. The lowest BCUT2D eigenvalue weighted by atomic mass is 9.69. The van der Waals surface area contributed by atoms with E-state index in [2.05, 4.69) is 21.6 Å². The number of methoxy groups -OCH3 is 2. The number of nitrogens with two attached hydrogens (primary N) is 1. The Morgan fingerprint density at radius 3 is 2.57 bits per heavy atom. The third kappa shape index (κ3) is 5.73. The van der Waals surface area contributed by atoms with Gasteiger partial charge in [-0.25, -0.2) is 0 Å². The number of aromatic nitrogens is 2. The second-order valence-corrected chi connectivity index (χ2v) is 12.9. The highest BCUT2D eigenvalue weighted by Crippen LogP contribution is 2.51. The summed E-state index contributed by atoms with van der Waals surface area (Å²) in [5.41, 5.74) is 8.25. The molecule has 0 saturated carbocycles. The molecule has 1 amide bonds. The summed E-state index contributed by atoms with van der Waals surface area (Å²) in [4.78, 5) is 28.0. The number of anilines is 2. The number of ether oxygens (including phenoxy) is 2. The zero-order valence-electron chi connectivity index (χ0n) is 23.8. The second-order valence-electron chi connectivity index (χ2n) is 10.7. The van der Waals surface area contributed by atoms with Gasteiger partial charge < -0.3 is 24.9 Å². The highest BCUT2D eigenvalue weighted by molar-refractivity contribution is 8.01. The van der Waals surface area contributed by atoms with Gasteiger partial charge in [0, 0.05) is 41.6 Å². The van der Waals surface area contributed by atoms with Gasteiger partial charge in [0.15, 0.2) is 10.1 Å². The van der Waals surface area contributed by atoms with E-state index in [4.69, 9.17) is 19.6 Å². The van der Waals surface area contributed by atoms with Gasteiger partial charge in [0.1, 0.15) is 28.8 Å². The number of ketones is 1. The van der Waals surface area contributed by atoms with Crippen molar-refractivity contribution < 1.29 is 23.5 Å². The molecule has 1 aliphatic heterocycles. The predicted octanol–water partition coefficient (Wildman–Crippen LogP) is 5.13. The molecule has 0 fully saturated rings. The van der Waals surface area contributed by atoms with Crippen LogP contribution in [0.25, 0.3) is 0 Å². The summed E-state index contributed by atoms with van der Waals surface area (Å²) in [5.74, 6) is 1.53. The number of furan rings is 1. The van der Waals surface area contributed by atoms with Crippen LogP contribution in [0, 0.1) is 23.7 Å². The second kappa shape index (κ2) is 11.5. The number of hydrogen-bond donors (Lipinski definition) is 2. The number of hydrogen-bond acceptors (Lipinski definition) is 12. The number of carbonyl (C=O) groups excluding carboxylic acids is 2. The zero-order chi connectivity index (χ0) is 30.2. The van der Waals surface area contributed by atoms with Crippen molar-refractivity contribution in [1.82, 2.24) is 10.2 Å². The monoisotopic (exact) mass is 606 g/mol. The van der Waals surface area contributed by atoms with Gasteiger partial charge in [-0.05, 0) is 30.9 Å². The Labute approximate surface area is 251 Å². The first kappa shape index (κ1) is 29.2. The Bertz CT molecular complexity index is 1640. The van der Waals surface area contributed by atoms with E-state index >= 15 is 0 Å². The lowest BCUT2D eigenvalue weighted by Crippen LogP contribution is -2.42. The summed E-state index contributed by atoms with van der Waals surface area (Å²) >= 11 is 2.44. The standard InChI is InChI=1S/C29H30N6O5S2/c1-15-6-7-22(40-15)24-19(13-30)26(31)35(20-11-29(2,3)12-21(36)25(20)24)27-33-34-28(42-27)41-14-23(37)32-16-8-17(38-4)10-18(9-16)39-5/h6-10,24H,11-12,14,31H2,1-5H3,(H,32,37). The maximum Gasteiger partial charge on any atom is 0.234 e. The maximum absolute atomic E-state index is 13.6. The number of nitriles is 1. The molecule has 0 saturated heterocycles. The Kier molecular flexibility index (Phi) is 8.03. The topological polar surface area (TPSA) is 157 Å². The lowest BCUT2D eigenvalue weighted by Gasteiger charge is -2.42. The van der Waals surface area contributed by atoms with Gasteiger partial charge in [-0.2, -0.15) is 5.26 Å². The Balaban J connectivity index is 1.41. The summed E-state index contributed by atoms with van der Waals surface area (Å²) < 4.78 is 16.9. The van der Waals surface area contributed by atoms with Crippen LogP contribution < -0.4 is 25.4 Å². The van der Waals surface area contributed by atoms with Crippen LogP contribution in [0.15, 0.2) is 61.8 Å². The van der Waals surface area contributed by atoms with Gasteiger partial charge in [0.25, 0.3) is 0 Å². The fraction of sp³-hybridized carbons (Fsp3) is 0.345. The van der Waals surface area contributed by atoms with Crippen LogP contribution >= 0.6 is 23.1 Å². The van der Waals surface area contributed by atoms with Crippen molar-refractivity contribution in [3.8, 4) is 17.6 Å². The third-order valence-electron chi connectivity index (χ3n) is 6.98. The zero-order valence-corrected chi connectivity index (χ0v) is 25.4. The van der Waals surface area contributed by atoms with Crippen LogP contribution in [-0.4, -0.2) is 41.9 Å². The summed E-state index contributed by atoms with van der Waals surface area (Å²) in [6.45, 7) is 5.86. The average molecular weight is 607 g/mol. The molecule has 218 valence electrons. The molecule has 3 heterocycles. The van der Waals surface area contributed by atoms with E-state index in [1.54, 1.807) is 35.2 Å². The van der Waals surface area contributed by atoms with E-state index in [1.165, 1.54) is 37.3 Å². The molecule has 1 aromatic carbocycles. The van der Waals surface area contributed by atoms with Gasteiger partial charge in [0.2, 0.25) is 11.0 Å². The van der Waals surface area contributed by atoms with Crippen molar-refractivity contribution in [1.29, 1.82) is 5.26 Å². The van der Waals surface area contributed by atoms with E-state index in [0.29, 0.717) is 62.3 Å². The van der Waals surface area contributed by atoms with E-state index in [-0.39, 0.29) is 34.3 Å². The van der Waals surface area contributed by atoms with Gasteiger partial charge in [-0.15, -0.1) is 10.2 Å². The van der Waals surface area contributed by atoms with E-state index in [0.717, 1.165) is 0 Å². The molecule has 3 N–H and O–H groups in total. The Morgan fingerprint density at radius 1 is 1.24 bits per heavy atom. The fourth-order valence-electron chi connectivity index (χ4n) is 5.18. The normalized spacial score (nSPS) is 18.0. The largest absolute Gasteiger partial charge is 0.497 e. The van der Waals surface area contributed by atoms with Crippen molar-refractivity contribution in [3.63, 3.8) is 0 Å². The molecule has 0 spiro atoms. The van der Waals surface area contributed by atoms with E-state index in [1.807, 2.05) is 20.8 Å². The van der Waals surface area contributed by atoms with Crippen LogP contribution in [0.3, 0.4) is 0 Å². The highest BCUT2D eigenvalue weighted by atomic mass is 32.2. The fourth-order valence-corrected chi connectivity index (χ4v) is 6.86. The number of rotatable bonds is 8. The number of allylic oxidation sites excluding steroid dienone is 3. The molecule has 0 radical (unpaired) electrons. The van der Waals surface area contributed by atoms with Crippen molar-refractivity contribution >= 4 is 45.6 Å². The van der Waals surface area contributed by atoms with Gasteiger partial charge >= 0.3 is 0 Å². The van der Waals surface area contributed by atoms with Gasteiger partial charge in [0.05, 0.1) is 37.5 Å². The molecule has 13 heteroatoms. The molecule has 0 bridgehead atoms. The number of aryl methyl sites for hydroxylation is 1. The number of amides is 1. The van der Waals surface area contributed by atoms with E-state index < -0.39 is 5.92 Å². The van der Waals surface area contributed by atoms with Crippen molar-refractivity contribution in [2.24, 2.45) is 11.1 Å². The van der Waals surface area contributed by atoms with E-state index in [9.17, 15) is 14.9 Å². The van der Waals surface area contributed by atoms with Gasteiger partial charge in [-0.3, -0.25) is 14.5 Å². The summed E-state index contributed by atoms with van der Waals surface area (Å²) in [5, 5.41) is 22.1. The van der Waals surface area contributed by atoms with Crippen LogP contribution in [0.5, 0.6) is 11.5 Å². The molecule has 2 aromatic heterocycles. The first-order valence-corrected chi connectivity index (χ1v) is 14.9. The molecule has 5 rings (SSSR count). The average Bonchev–Trinajstić information content (AvgIpc) is 3.59. The van der Waals surface area contributed by atoms with Crippen molar-refractivity contribution in [3.05, 3.63) is 64.5 Å². The first-order chi connectivity index (χ1) is 20.0.